The van der Waals surface area contributed by atoms with Gasteiger partial charge in [0.1, 0.15) is 0 Å². The molecule has 0 fully saturated rings. The van der Waals surface area contributed by atoms with Crippen molar-refractivity contribution < 1.29 is 5.11 Å². The minimum atomic E-state index is 0.191. The Hall–Kier alpha value is -1.86. The maximum atomic E-state index is 9.38. The number of aliphatic hydroxyl groups is 1. The molecule has 0 aromatic heterocycles. The molecule has 0 aliphatic carbocycles. The van der Waals surface area contributed by atoms with E-state index in [1.807, 2.05) is 0 Å². The van der Waals surface area contributed by atoms with Gasteiger partial charge in [-0.25, -0.2) is 0 Å². The average molecular weight is 250 g/mol. The van der Waals surface area contributed by atoms with E-state index in [9.17, 15) is 5.11 Å². The zero-order valence-electron chi connectivity index (χ0n) is 11.4. The second kappa shape index (κ2) is 4.67. The molecule has 0 aliphatic heterocycles. The first kappa shape index (κ1) is 12.2. The molecular formula is C18H18O. The second-order valence-electron chi connectivity index (χ2n) is 5.12. The van der Waals surface area contributed by atoms with Crippen molar-refractivity contribution in [3.05, 3.63) is 59.2 Å². The third-order valence-corrected chi connectivity index (χ3v) is 3.99. The average Bonchev–Trinajstić information content (AvgIpc) is 2.43. The molecule has 0 unspecified atom stereocenters. The van der Waals surface area contributed by atoms with Crippen LogP contribution in [0.4, 0.5) is 0 Å². The van der Waals surface area contributed by atoms with Gasteiger partial charge < -0.3 is 5.11 Å². The van der Waals surface area contributed by atoms with Crippen LogP contribution in [0, 0.1) is 13.8 Å². The zero-order valence-corrected chi connectivity index (χ0v) is 11.4. The van der Waals surface area contributed by atoms with Gasteiger partial charge in [0.15, 0.2) is 0 Å². The molecule has 0 amide bonds. The Morgan fingerprint density at radius 3 is 2.26 bits per heavy atom. The number of fused-ring (bicyclic) bond motifs is 2. The summed E-state index contributed by atoms with van der Waals surface area (Å²) < 4.78 is 0. The Morgan fingerprint density at radius 2 is 1.53 bits per heavy atom. The van der Waals surface area contributed by atoms with Gasteiger partial charge in [-0.1, -0.05) is 42.5 Å². The Bertz CT molecular complexity index is 756. The van der Waals surface area contributed by atoms with Gasteiger partial charge in [0.2, 0.25) is 0 Å². The largest absolute Gasteiger partial charge is 0.396 e. The number of rotatable bonds is 2. The van der Waals surface area contributed by atoms with Crippen LogP contribution >= 0.6 is 0 Å². The molecule has 19 heavy (non-hydrogen) atoms. The third kappa shape index (κ3) is 1.82. The van der Waals surface area contributed by atoms with Crippen molar-refractivity contribution in [2.75, 3.05) is 6.61 Å². The molecule has 0 saturated heterocycles. The molecule has 1 heteroatoms. The molecule has 0 heterocycles. The van der Waals surface area contributed by atoms with Crippen LogP contribution in [0.3, 0.4) is 0 Å². The van der Waals surface area contributed by atoms with Crippen LogP contribution in [0.25, 0.3) is 21.5 Å². The van der Waals surface area contributed by atoms with E-state index in [-0.39, 0.29) is 6.61 Å². The van der Waals surface area contributed by atoms with Crippen LogP contribution in [0.1, 0.15) is 16.7 Å². The minimum absolute atomic E-state index is 0.191. The fraction of sp³-hybridized carbons (Fsp3) is 0.222. The molecule has 1 nitrogen and oxygen atoms in total. The zero-order chi connectivity index (χ0) is 13.4. The van der Waals surface area contributed by atoms with E-state index in [2.05, 4.69) is 56.3 Å². The van der Waals surface area contributed by atoms with Crippen molar-refractivity contribution in [1.29, 1.82) is 0 Å². The van der Waals surface area contributed by atoms with Gasteiger partial charge in [0, 0.05) is 6.61 Å². The summed E-state index contributed by atoms with van der Waals surface area (Å²) in [5, 5.41) is 14.6. The topological polar surface area (TPSA) is 20.2 Å². The fourth-order valence-electron chi connectivity index (χ4n) is 3.15. The van der Waals surface area contributed by atoms with Gasteiger partial charge >= 0.3 is 0 Å². The Morgan fingerprint density at radius 1 is 0.842 bits per heavy atom. The maximum Gasteiger partial charge on any atom is 0.0471 e. The molecule has 3 aromatic carbocycles. The summed E-state index contributed by atoms with van der Waals surface area (Å²) in [6, 6.07) is 14.9. The summed E-state index contributed by atoms with van der Waals surface area (Å²) in [5.41, 5.74) is 3.91. The highest BCUT2D eigenvalue weighted by atomic mass is 16.2. The molecule has 0 bridgehead atoms. The lowest BCUT2D eigenvalue weighted by Gasteiger charge is -2.15. The summed E-state index contributed by atoms with van der Waals surface area (Å²) >= 11 is 0. The van der Waals surface area contributed by atoms with E-state index in [1.165, 1.54) is 38.2 Å². The van der Waals surface area contributed by atoms with Crippen LogP contribution in [0.2, 0.25) is 0 Å². The lowest BCUT2D eigenvalue weighted by molar-refractivity contribution is 0.300. The number of aliphatic hydroxyl groups excluding tert-OH is 1. The molecule has 3 aromatic rings. The summed E-state index contributed by atoms with van der Waals surface area (Å²) in [6.07, 6.45) is 0.709. The normalized spacial score (nSPS) is 11.3. The lowest BCUT2D eigenvalue weighted by atomic mass is 9.89. The number of benzene rings is 3. The molecule has 0 radical (unpaired) electrons. The van der Waals surface area contributed by atoms with Crippen LogP contribution in [0.5, 0.6) is 0 Å². The Balaban J connectivity index is 2.58. The number of hydrogen-bond donors (Lipinski definition) is 1. The monoisotopic (exact) mass is 250 g/mol. The maximum absolute atomic E-state index is 9.38. The van der Waals surface area contributed by atoms with Crippen molar-refractivity contribution in [2.45, 2.75) is 20.3 Å². The first-order valence-corrected chi connectivity index (χ1v) is 6.74. The summed E-state index contributed by atoms with van der Waals surface area (Å²) in [4.78, 5) is 0. The van der Waals surface area contributed by atoms with Gasteiger partial charge in [-0.3, -0.25) is 0 Å². The Labute approximate surface area is 113 Å². The SMILES string of the molecule is Cc1cccc2c(CCO)c3ccccc3c(C)c12. The van der Waals surface area contributed by atoms with Gasteiger partial charge in [0.25, 0.3) is 0 Å². The highest BCUT2D eigenvalue weighted by molar-refractivity contribution is 6.06. The van der Waals surface area contributed by atoms with E-state index in [4.69, 9.17) is 0 Å². The Kier molecular flexibility index (Phi) is 3.00. The van der Waals surface area contributed by atoms with Gasteiger partial charge in [-0.2, -0.15) is 0 Å². The van der Waals surface area contributed by atoms with Crippen molar-refractivity contribution >= 4 is 21.5 Å². The van der Waals surface area contributed by atoms with Crippen LogP contribution in [-0.4, -0.2) is 11.7 Å². The van der Waals surface area contributed by atoms with Crippen molar-refractivity contribution in [3.63, 3.8) is 0 Å². The second-order valence-corrected chi connectivity index (χ2v) is 5.12. The quantitative estimate of drug-likeness (QED) is 0.678. The predicted molar refractivity (Wildman–Crippen MR) is 81.7 cm³/mol. The molecule has 0 aliphatic rings. The van der Waals surface area contributed by atoms with Crippen LogP contribution < -0.4 is 0 Å². The van der Waals surface area contributed by atoms with E-state index < -0.39 is 0 Å². The summed E-state index contributed by atoms with van der Waals surface area (Å²) in [7, 11) is 0. The fourth-order valence-corrected chi connectivity index (χ4v) is 3.15. The van der Waals surface area contributed by atoms with Crippen molar-refractivity contribution in [1.82, 2.24) is 0 Å². The van der Waals surface area contributed by atoms with E-state index >= 15 is 0 Å². The smallest absolute Gasteiger partial charge is 0.0471 e. The number of hydrogen-bond acceptors (Lipinski definition) is 1. The molecular weight excluding hydrogens is 232 g/mol. The molecule has 96 valence electrons. The predicted octanol–water partition coefficient (Wildman–Crippen LogP) is 4.14. The lowest BCUT2D eigenvalue weighted by Crippen LogP contribution is -1.97. The minimum Gasteiger partial charge on any atom is -0.396 e. The number of aryl methyl sites for hydroxylation is 2. The molecule has 0 atom stereocenters. The van der Waals surface area contributed by atoms with E-state index in [1.54, 1.807) is 0 Å². The van der Waals surface area contributed by atoms with Crippen LogP contribution in [-0.2, 0) is 6.42 Å². The van der Waals surface area contributed by atoms with Crippen molar-refractivity contribution in [3.8, 4) is 0 Å². The highest BCUT2D eigenvalue weighted by Gasteiger charge is 2.11. The van der Waals surface area contributed by atoms with Crippen molar-refractivity contribution in [2.24, 2.45) is 0 Å². The molecule has 3 rings (SSSR count). The van der Waals surface area contributed by atoms with E-state index in [0.717, 1.165) is 0 Å². The first-order valence-electron chi connectivity index (χ1n) is 6.74. The molecule has 0 spiro atoms. The standard InChI is InChI=1S/C18H18O/c1-12-6-5-9-17-16(10-11-19)15-8-4-3-7-14(15)13(2)18(12)17/h3-9,19H,10-11H2,1-2H3. The molecule has 1 N–H and O–H groups in total. The van der Waals surface area contributed by atoms with Gasteiger partial charge in [-0.15, -0.1) is 0 Å². The first-order chi connectivity index (χ1) is 9.24. The highest BCUT2D eigenvalue weighted by Crippen LogP contribution is 2.34. The van der Waals surface area contributed by atoms with Crippen LogP contribution in [0.15, 0.2) is 42.5 Å². The summed E-state index contributed by atoms with van der Waals surface area (Å²) in [6.45, 7) is 4.54. The van der Waals surface area contributed by atoms with Gasteiger partial charge in [0.05, 0.1) is 0 Å². The third-order valence-electron chi connectivity index (χ3n) is 3.99. The molecule has 0 saturated carbocycles. The summed E-state index contributed by atoms with van der Waals surface area (Å²) in [5.74, 6) is 0. The van der Waals surface area contributed by atoms with Gasteiger partial charge in [-0.05, 0) is 58.5 Å². The van der Waals surface area contributed by atoms with E-state index in [0.29, 0.717) is 6.42 Å².